The fourth-order valence-electron chi connectivity index (χ4n) is 2.27. The lowest BCUT2D eigenvalue weighted by Gasteiger charge is -2.01. The van der Waals surface area contributed by atoms with E-state index in [2.05, 4.69) is 25.6 Å². The molecule has 1 N–H and O–H groups in total. The van der Waals surface area contributed by atoms with Crippen molar-refractivity contribution in [1.29, 1.82) is 0 Å². The van der Waals surface area contributed by atoms with Gasteiger partial charge in [0, 0.05) is 5.69 Å². The zero-order chi connectivity index (χ0) is 19.3. The van der Waals surface area contributed by atoms with Gasteiger partial charge in [0.15, 0.2) is 0 Å². The standard InChI is InChI=1S/C18H13FN6OS2/c19-12-6-8-13(9-7-12)21-16(26)17-23-22-15(28-17)10-27-18-20-11-25(24-18)14-4-2-1-3-5-14/h1-9,11H,10H2,(H,21,26). The third-order valence-corrected chi connectivity index (χ3v) is 5.55. The first-order chi connectivity index (χ1) is 13.7. The zero-order valence-electron chi connectivity index (χ0n) is 14.3. The second-order valence-electron chi connectivity index (χ2n) is 5.56. The van der Waals surface area contributed by atoms with Crippen LogP contribution in [-0.2, 0) is 5.75 Å². The van der Waals surface area contributed by atoms with E-state index in [4.69, 9.17) is 0 Å². The summed E-state index contributed by atoms with van der Waals surface area (Å²) >= 11 is 2.61. The van der Waals surface area contributed by atoms with Gasteiger partial charge in [0.1, 0.15) is 17.2 Å². The van der Waals surface area contributed by atoms with E-state index in [1.165, 1.54) is 47.4 Å². The molecule has 1 amide bonds. The summed E-state index contributed by atoms with van der Waals surface area (Å²) in [6.45, 7) is 0. The van der Waals surface area contributed by atoms with Gasteiger partial charge in [-0.05, 0) is 36.4 Å². The summed E-state index contributed by atoms with van der Waals surface area (Å²) in [6.07, 6.45) is 1.65. The molecule has 4 aromatic rings. The van der Waals surface area contributed by atoms with Gasteiger partial charge >= 0.3 is 0 Å². The highest BCUT2D eigenvalue weighted by Gasteiger charge is 2.14. The largest absolute Gasteiger partial charge is 0.320 e. The van der Waals surface area contributed by atoms with Gasteiger partial charge in [-0.25, -0.2) is 14.1 Å². The van der Waals surface area contributed by atoms with Gasteiger partial charge in [-0.2, -0.15) is 0 Å². The normalized spacial score (nSPS) is 10.8. The number of nitrogens with one attached hydrogen (secondary N) is 1. The van der Waals surface area contributed by atoms with E-state index >= 15 is 0 Å². The first-order valence-electron chi connectivity index (χ1n) is 8.16. The van der Waals surface area contributed by atoms with Crippen molar-refractivity contribution in [3.8, 4) is 5.69 Å². The SMILES string of the molecule is O=C(Nc1ccc(F)cc1)c1nnc(CSc2ncn(-c3ccccc3)n2)s1. The molecule has 4 rings (SSSR count). The maximum absolute atomic E-state index is 12.9. The Morgan fingerprint density at radius 3 is 2.68 bits per heavy atom. The lowest BCUT2D eigenvalue weighted by molar-refractivity contribution is 0.102. The average molecular weight is 412 g/mol. The van der Waals surface area contributed by atoms with E-state index in [1.54, 1.807) is 11.0 Å². The number of anilines is 1. The predicted octanol–water partition coefficient (Wildman–Crippen LogP) is 3.80. The number of amides is 1. The van der Waals surface area contributed by atoms with Crippen molar-refractivity contribution in [1.82, 2.24) is 25.0 Å². The molecule has 10 heteroatoms. The summed E-state index contributed by atoms with van der Waals surface area (Å²) in [4.78, 5) is 16.5. The monoisotopic (exact) mass is 412 g/mol. The minimum atomic E-state index is -0.383. The summed E-state index contributed by atoms with van der Waals surface area (Å²) in [6, 6.07) is 15.2. The molecule has 0 atom stereocenters. The number of benzene rings is 2. The quantitative estimate of drug-likeness (QED) is 0.485. The highest BCUT2D eigenvalue weighted by atomic mass is 32.2. The Morgan fingerprint density at radius 2 is 1.89 bits per heavy atom. The molecule has 140 valence electrons. The molecule has 0 aliphatic heterocycles. The third kappa shape index (κ3) is 4.41. The minimum Gasteiger partial charge on any atom is -0.320 e. The second-order valence-corrected chi connectivity index (χ2v) is 7.56. The number of carbonyl (C=O) groups is 1. The number of hydrogen-bond acceptors (Lipinski definition) is 7. The van der Waals surface area contributed by atoms with Crippen LogP contribution in [0.2, 0.25) is 0 Å². The van der Waals surface area contributed by atoms with Crippen LogP contribution in [-0.4, -0.2) is 30.9 Å². The van der Waals surface area contributed by atoms with Crippen LogP contribution in [0.25, 0.3) is 5.69 Å². The first kappa shape index (κ1) is 18.3. The van der Waals surface area contributed by atoms with Gasteiger partial charge < -0.3 is 5.32 Å². The molecule has 2 aromatic carbocycles. The molecule has 0 saturated heterocycles. The fraction of sp³-hybridized carbons (Fsp3) is 0.0556. The maximum atomic E-state index is 12.9. The van der Waals surface area contributed by atoms with Crippen molar-refractivity contribution in [2.45, 2.75) is 10.9 Å². The third-order valence-electron chi connectivity index (χ3n) is 3.58. The van der Waals surface area contributed by atoms with Gasteiger partial charge in [-0.1, -0.05) is 41.3 Å². The number of thioether (sulfide) groups is 1. The maximum Gasteiger partial charge on any atom is 0.286 e. The molecule has 28 heavy (non-hydrogen) atoms. The van der Waals surface area contributed by atoms with Crippen LogP contribution in [0.15, 0.2) is 66.1 Å². The number of para-hydroxylation sites is 1. The summed E-state index contributed by atoms with van der Waals surface area (Å²) in [5.41, 5.74) is 1.42. The average Bonchev–Trinajstić information content (AvgIpc) is 3.38. The highest BCUT2D eigenvalue weighted by Crippen LogP contribution is 2.22. The Bertz CT molecular complexity index is 1080. The lowest BCUT2D eigenvalue weighted by Crippen LogP contribution is -2.11. The molecule has 0 unspecified atom stereocenters. The van der Waals surface area contributed by atoms with E-state index in [0.717, 1.165) is 5.69 Å². The van der Waals surface area contributed by atoms with Crippen molar-refractivity contribution in [2.24, 2.45) is 0 Å². The van der Waals surface area contributed by atoms with Crippen molar-refractivity contribution in [3.63, 3.8) is 0 Å². The smallest absolute Gasteiger partial charge is 0.286 e. The van der Waals surface area contributed by atoms with E-state index < -0.39 is 0 Å². The van der Waals surface area contributed by atoms with E-state index in [0.29, 0.717) is 21.6 Å². The van der Waals surface area contributed by atoms with Crippen LogP contribution in [0.4, 0.5) is 10.1 Å². The molecule has 0 bridgehead atoms. The fourth-order valence-corrected chi connectivity index (χ4v) is 3.79. The number of hydrogen-bond donors (Lipinski definition) is 1. The molecule has 0 aliphatic carbocycles. The summed E-state index contributed by atoms with van der Waals surface area (Å²) in [5, 5.41) is 16.6. The summed E-state index contributed by atoms with van der Waals surface area (Å²) in [7, 11) is 0. The number of aromatic nitrogens is 5. The molecule has 0 fully saturated rings. The van der Waals surface area contributed by atoms with Gasteiger partial charge in [-0.3, -0.25) is 4.79 Å². The molecule has 0 radical (unpaired) electrons. The van der Waals surface area contributed by atoms with Crippen molar-refractivity contribution in [3.05, 3.63) is 76.8 Å². The summed E-state index contributed by atoms with van der Waals surface area (Å²) in [5.74, 6) is -0.247. The Morgan fingerprint density at radius 1 is 1.11 bits per heavy atom. The molecular weight excluding hydrogens is 399 g/mol. The van der Waals surface area contributed by atoms with Crippen LogP contribution in [0.5, 0.6) is 0 Å². The van der Waals surface area contributed by atoms with Crippen LogP contribution in [0.1, 0.15) is 14.8 Å². The lowest BCUT2D eigenvalue weighted by atomic mass is 10.3. The number of halogens is 1. The van der Waals surface area contributed by atoms with Crippen molar-refractivity contribution < 1.29 is 9.18 Å². The van der Waals surface area contributed by atoms with Crippen LogP contribution < -0.4 is 5.32 Å². The molecule has 2 aromatic heterocycles. The van der Waals surface area contributed by atoms with E-state index in [-0.39, 0.29) is 16.7 Å². The van der Waals surface area contributed by atoms with Crippen LogP contribution in [0, 0.1) is 5.82 Å². The molecule has 0 aliphatic rings. The van der Waals surface area contributed by atoms with Gasteiger partial charge in [0.2, 0.25) is 10.2 Å². The predicted molar refractivity (Wildman–Crippen MR) is 105 cm³/mol. The van der Waals surface area contributed by atoms with Crippen LogP contribution in [0.3, 0.4) is 0 Å². The number of rotatable bonds is 6. The molecule has 7 nitrogen and oxygen atoms in total. The minimum absolute atomic E-state index is 0.239. The van der Waals surface area contributed by atoms with Gasteiger partial charge in [0.05, 0.1) is 11.4 Å². The van der Waals surface area contributed by atoms with E-state index in [1.807, 2.05) is 30.3 Å². The second kappa shape index (κ2) is 8.28. The Labute approximate surface area is 167 Å². The van der Waals surface area contributed by atoms with Crippen LogP contribution >= 0.6 is 23.1 Å². The molecule has 0 saturated carbocycles. The highest BCUT2D eigenvalue weighted by molar-refractivity contribution is 7.98. The van der Waals surface area contributed by atoms with E-state index in [9.17, 15) is 9.18 Å². The summed E-state index contributed by atoms with van der Waals surface area (Å²) < 4.78 is 14.6. The topological polar surface area (TPSA) is 85.6 Å². The molecule has 0 spiro atoms. The Balaban J connectivity index is 1.35. The van der Waals surface area contributed by atoms with Gasteiger partial charge in [-0.15, -0.1) is 15.3 Å². The molecule has 2 heterocycles. The van der Waals surface area contributed by atoms with Crippen molar-refractivity contribution >= 4 is 34.7 Å². The Hall–Kier alpha value is -3.11. The first-order valence-corrected chi connectivity index (χ1v) is 9.97. The number of carbonyl (C=O) groups excluding carboxylic acids is 1. The Kier molecular flexibility index (Phi) is 5.40. The zero-order valence-corrected chi connectivity index (χ0v) is 16.0. The number of nitrogens with zero attached hydrogens (tertiary/aromatic N) is 5. The van der Waals surface area contributed by atoms with Crippen molar-refractivity contribution in [2.75, 3.05) is 5.32 Å². The molecular formula is C18H13FN6OS2. The van der Waals surface area contributed by atoms with Gasteiger partial charge in [0.25, 0.3) is 5.91 Å².